The molecule has 0 bridgehead atoms. The summed E-state index contributed by atoms with van der Waals surface area (Å²) in [5.74, 6) is -0.161. The van der Waals surface area contributed by atoms with Crippen LogP contribution in [0.3, 0.4) is 0 Å². The van der Waals surface area contributed by atoms with E-state index in [1.54, 1.807) is 12.1 Å². The van der Waals surface area contributed by atoms with Gasteiger partial charge in [0.05, 0.1) is 10.5 Å². The second kappa shape index (κ2) is 5.44. The van der Waals surface area contributed by atoms with Crippen molar-refractivity contribution in [1.29, 1.82) is 0 Å². The normalized spacial score (nSPS) is 16.4. The molecule has 128 valence electrons. The van der Waals surface area contributed by atoms with Crippen LogP contribution < -0.4 is 14.8 Å². The summed E-state index contributed by atoms with van der Waals surface area (Å²) in [5, 5.41) is 13.9. The summed E-state index contributed by atoms with van der Waals surface area (Å²) >= 11 is 0. The van der Waals surface area contributed by atoms with Crippen molar-refractivity contribution in [1.82, 2.24) is 5.32 Å². The van der Waals surface area contributed by atoms with Crippen LogP contribution in [0.25, 0.3) is 0 Å². The molecule has 0 spiro atoms. The van der Waals surface area contributed by atoms with E-state index in [9.17, 15) is 19.3 Å². The molecule has 1 heterocycles. The number of nitrogens with one attached hydrogen (secondary N) is 1. The maximum absolute atomic E-state index is 13.5. The maximum atomic E-state index is 13.5. The van der Waals surface area contributed by atoms with Crippen LogP contribution in [-0.4, -0.2) is 17.6 Å². The Morgan fingerprint density at radius 1 is 1.16 bits per heavy atom. The van der Waals surface area contributed by atoms with E-state index < -0.39 is 27.9 Å². The summed E-state index contributed by atoms with van der Waals surface area (Å²) in [6, 6.07) is 8.19. The van der Waals surface area contributed by atoms with Gasteiger partial charge in [-0.15, -0.1) is 0 Å². The number of fused-ring (bicyclic) bond motifs is 1. The van der Waals surface area contributed by atoms with Crippen LogP contribution in [0.4, 0.5) is 10.1 Å². The van der Waals surface area contributed by atoms with Crippen molar-refractivity contribution >= 4 is 11.6 Å². The lowest BCUT2D eigenvalue weighted by molar-refractivity contribution is -0.385. The van der Waals surface area contributed by atoms with Gasteiger partial charge < -0.3 is 14.8 Å². The molecule has 1 fully saturated rings. The van der Waals surface area contributed by atoms with Crippen molar-refractivity contribution in [2.24, 2.45) is 0 Å². The predicted octanol–water partition coefficient (Wildman–Crippen LogP) is 2.88. The summed E-state index contributed by atoms with van der Waals surface area (Å²) in [6.07, 6.45) is 1.36. The second-order valence-electron chi connectivity index (χ2n) is 6.02. The fourth-order valence-electron chi connectivity index (χ4n) is 2.94. The molecule has 0 saturated heterocycles. The number of ether oxygens (including phenoxy) is 2. The van der Waals surface area contributed by atoms with Gasteiger partial charge in [-0.1, -0.05) is 6.07 Å². The number of nitrogens with zero attached hydrogens (tertiary/aromatic N) is 1. The van der Waals surface area contributed by atoms with Gasteiger partial charge >= 0.3 is 0 Å². The highest BCUT2D eigenvalue weighted by atomic mass is 19.1. The average Bonchev–Trinajstić information content (AvgIpc) is 3.21. The van der Waals surface area contributed by atoms with E-state index in [4.69, 9.17) is 9.47 Å². The Labute approximate surface area is 141 Å². The monoisotopic (exact) mass is 344 g/mol. The van der Waals surface area contributed by atoms with Gasteiger partial charge in [0.1, 0.15) is 11.4 Å². The number of rotatable bonds is 4. The van der Waals surface area contributed by atoms with Crippen LogP contribution >= 0.6 is 0 Å². The summed E-state index contributed by atoms with van der Waals surface area (Å²) in [4.78, 5) is 22.9. The molecule has 0 aromatic heterocycles. The fraction of sp³-hybridized carbons (Fsp3) is 0.235. The third kappa shape index (κ3) is 2.65. The van der Waals surface area contributed by atoms with Crippen molar-refractivity contribution in [2.45, 2.75) is 18.4 Å². The summed E-state index contributed by atoms with van der Waals surface area (Å²) in [7, 11) is 0. The van der Waals surface area contributed by atoms with E-state index in [1.165, 1.54) is 0 Å². The Morgan fingerprint density at radius 2 is 1.92 bits per heavy atom. The molecule has 0 radical (unpaired) electrons. The van der Waals surface area contributed by atoms with Crippen LogP contribution in [0.1, 0.15) is 28.8 Å². The molecule has 0 atom stereocenters. The van der Waals surface area contributed by atoms with Gasteiger partial charge in [0, 0.05) is 6.07 Å². The van der Waals surface area contributed by atoms with Gasteiger partial charge in [0.25, 0.3) is 11.6 Å². The third-order valence-corrected chi connectivity index (χ3v) is 4.43. The lowest BCUT2D eigenvalue weighted by atomic mass is 10.0. The number of nitro benzene ring substituents is 1. The topological polar surface area (TPSA) is 90.7 Å². The molecular weight excluding hydrogens is 331 g/mol. The van der Waals surface area contributed by atoms with Gasteiger partial charge in [-0.3, -0.25) is 14.9 Å². The highest BCUT2D eigenvalue weighted by Crippen LogP contribution is 2.48. The largest absolute Gasteiger partial charge is 0.454 e. The van der Waals surface area contributed by atoms with Gasteiger partial charge in [0.2, 0.25) is 6.79 Å². The maximum Gasteiger partial charge on any atom is 0.282 e. The lowest BCUT2D eigenvalue weighted by Crippen LogP contribution is -2.35. The number of benzene rings is 2. The van der Waals surface area contributed by atoms with Crippen molar-refractivity contribution in [3.8, 4) is 11.5 Å². The van der Waals surface area contributed by atoms with Crippen LogP contribution in [0.15, 0.2) is 36.4 Å². The molecule has 7 nitrogen and oxygen atoms in total. The van der Waals surface area contributed by atoms with E-state index in [0.717, 1.165) is 23.8 Å². The molecule has 1 N–H and O–H groups in total. The van der Waals surface area contributed by atoms with Crippen molar-refractivity contribution < 1.29 is 23.6 Å². The summed E-state index contributed by atoms with van der Waals surface area (Å²) < 4.78 is 24.1. The van der Waals surface area contributed by atoms with Gasteiger partial charge in [-0.25, -0.2) is 4.39 Å². The Bertz CT molecular complexity index is 895. The minimum Gasteiger partial charge on any atom is -0.454 e. The second-order valence-corrected chi connectivity index (χ2v) is 6.02. The minimum absolute atomic E-state index is 0.146. The summed E-state index contributed by atoms with van der Waals surface area (Å²) in [6.45, 7) is 0.146. The van der Waals surface area contributed by atoms with E-state index in [-0.39, 0.29) is 12.4 Å². The third-order valence-electron chi connectivity index (χ3n) is 4.43. The van der Waals surface area contributed by atoms with E-state index in [0.29, 0.717) is 24.3 Å². The van der Waals surface area contributed by atoms with E-state index in [1.807, 2.05) is 6.07 Å². The molecular formula is C17H13FN2O5. The highest BCUT2D eigenvalue weighted by Gasteiger charge is 2.47. The van der Waals surface area contributed by atoms with Crippen LogP contribution in [-0.2, 0) is 5.54 Å². The molecule has 1 aliphatic heterocycles. The number of hydrogen-bond acceptors (Lipinski definition) is 5. The molecule has 2 aliphatic rings. The molecule has 4 rings (SSSR count). The molecule has 0 unspecified atom stereocenters. The number of carbonyl (C=O) groups is 1. The van der Waals surface area contributed by atoms with Gasteiger partial charge in [-0.05, 0) is 42.7 Å². The zero-order valence-corrected chi connectivity index (χ0v) is 13.0. The number of halogens is 1. The van der Waals surface area contributed by atoms with Crippen LogP contribution in [0.5, 0.6) is 11.5 Å². The van der Waals surface area contributed by atoms with Gasteiger partial charge in [-0.2, -0.15) is 0 Å². The van der Waals surface area contributed by atoms with Crippen molar-refractivity contribution in [3.05, 3.63) is 63.5 Å². The smallest absolute Gasteiger partial charge is 0.282 e. The van der Waals surface area contributed by atoms with E-state index >= 15 is 0 Å². The van der Waals surface area contributed by atoms with Crippen molar-refractivity contribution in [2.75, 3.05) is 6.79 Å². The molecule has 2 aromatic rings. The molecule has 2 aromatic carbocycles. The Kier molecular flexibility index (Phi) is 3.34. The first-order chi connectivity index (χ1) is 12.0. The van der Waals surface area contributed by atoms with Gasteiger partial charge in [0.15, 0.2) is 11.5 Å². The number of amides is 1. The average molecular weight is 344 g/mol. The lowest BCUT2D eigenvalue weighted by Gasteiger charge is -2.18. The first kappa shape index (κ1) is 15.4. The molecule has 1 saturated carbocycles. The Morgan fingerprint density at radius 3 is 2.64 bits per heavy atom. The van der Waals surface area contributed by atoms with Crippen molar-refractivity contribution in [3.63, 3.8) is 0 Å². The zero-order chi connectivity index (χ0) is 17.6. The fourth-order valence-corrected chi connectivity index (χ4v) is 2.94. The highest BCUT2D eigenvalue weighted by molar-refractivity contribution is 5.98. The minimum atomic E-state index is -0.705. The molecule has 25 heavy (non-hydrogen) atoms. The number of hydrogen-bond donors (Lipinski definition) is 1. The molecule has 1 aliphatic carbocycles. The quantitative estimate of drug-likeness (QED) is 0.680. The van der Waals surface area contributed by atoms with E-state index in [2.05, 4.69) is 5.32 Å². The zero-order valence-electron chi connectivity index (χ0n) is 13.0. The standard InChI is InChI=1S/C17H13FN2O5/c18-11-2-3-13(20(22)23)12(8-11)16(21)19-17(5-6-17)10-1-4-14-15(7-10)25-9-24-14/h1-4,7-8H,5-6,9H2,(H,19,21). The Balaban J connectivity index is 1.63. The molecule has 1 amide bonds. The first-order valence-corrected chi connectivity index (χ1v) is 7.65. The Hall–Kier alpha value is -3.16. The molecule has 8 heteroatoms. The number of carbonyl (C=O) groups excluding carboxylic acids is 1. The van der Waals surface area contributed by atoms with Crippen LogP contribution in [0.2, 0.25) is 0 Å². The first-order valence-electron chi connectivity index (χ1n) is 7.65. The van der Waals surface area contributed by atoms with Crippen LogP contribution in [0, 0.1) is 15.9 Å². The number of nitro groups is 1. The predicted molar refractivity (Wildman–Crippen MR) is 84.0 cm³/mol. The SMILES string of the molecule is O=C(NC1(c2ccc3c(c2)OCO3)CC1)c1cc(F)ccc1[N+](=O)[O-]. The summed E-state index contributed by atoms with van der Waals surface area (Å²) in [5.41, 5.74) is -0.528.